The van der Waals surface area contributed by atoms with Crippen LogP contribution in [0.1, 0.15) is 116 Å². The number of aryl methyl sites for hydroxylation is 12. The van der Waals surface area contributed by atoms with E-state index in [0.717, 1.165) is 90.8 Å². The Bertz CT molecular complexity index is 7850. The summed E-state index contributed by atoms with van der Waals surface area (Å²) in [4.78, 5) is 20.0. The highest BCUT2D eigenvalue weighted by atomic mass is 15.4. The van der Waals surface area contributed by atoms with Gasteiger partial charge in [0.1, 0.15) is 45.2 Å². The number of benzene rings is 10. The summed E-state index contributed by atoms with van der Waals surface area (Å²) in [6.07, 6.45) is 8.08. The van der Waals surface area contributed by atoms with Gasteiger partial charge in [0.25, 0.3) is 5.82 Å². The van der Waals surface area contributed by atoms with Gasteiger partial charge in [0.15, 0.2) is 11.9 Å². The minimum absolute atomic E-state index is 0.195. The molecule has 0 saturated heterocycles. The van der Waals surface area contributed by atoms with Gasteiger partial charge in [-0.3, -0.25) is 27.1 Å². The van der Waals surface area contributed by atoms with Crippen LogP contribution in [-0.4, -0.2) is 51.6 Å². The van der Waals surface area contributed by atoms with E-state index in [4.69, 9.17) is 24.0 Å². The molecule has 564 valence electrons. The molecule has 0 N–H and O–H groups in total. The van der Waals surface area contributed by atoms with Crippen molar-refractivity contribution in [2.24, 2.45) is 28.2 Å². The van der Waals surface area contributed by atoms with Crippen LogP contribution < -0.4 is 18.3 Å². The minimum Gasteiger partial charge on any atom is -0.299 e. The number of hydrogen-bond acceptors (Lipinski definition) is 4. The number of rotatable bonds is 2. The predicted molar refractivity (Wildman–Crippen MR) is 464 cm³/mol. The first-order valence-electron chi connectivity index (χ1n) is 41.5. The van der Waals surface area contributed by atoms with Crippen molar-refractivity contribution in [2.45, 2.75) is 121 Å². The van der Waals surface area contributed by atoms with E-state index in [1.54, 1.807) is 0 Å². The van der Waals surface area contributed by atoms with Crippen LogP contribution in [0.15, 0.2) is 213 Å². The van der Waals surface area contributed by atoms with Gasteiger partial charge in [-0.1, -0.05) is 97.1 Å². The molecule has 24 rings (SSSR count). The highest BCUT2D eigenvalue weighted by Gasteiger charge is 2.45. The summed E-state index contributed by atoms with van der Waals surface area (Å²) in [6, 6.07) is 69.0. The second kappa shape index (κ2) is 24.7. The Labute approximate surface area is 672 Å². The van der Waals surface area contributed by atoms with Crippen LogP contribution >= 0.6 is 0 Å². The van der Waals surface area contributed by atoms with E-state index in [1.165, 1.54) is 145 Å². The third-order valence-electron chi connectivity index (χ3n) is 26.2. The topological polar surface area (TPSA) is 101 Å². The fraction of sp³-hybridized carbons (Fsp3) is 0.220. The lowest BCUT2D eigenvalue weighted by molar-refractivity contribution is -0.661. The van der Waals surface area contributed by atoms with Crippen LogP contribution in [-0.2, 0) is 52.2 Å². The van der Waals surface area contributed by atoms with E-state index >= 15 is 0 Å². The number of fused-ring (bicyclic) bond motifs is 26. The summed E-state index contributed by atoms with van der Waals surface area (Å²) < 4.78 is 50.5. The molecular formula is C100H93N15+4. The molecule has 4 aliphatic heterocycles. The van der Waals surface area contributed by atoms with E-state index in [0.29, 0.717) is 17.5 Å². The zero-order chi connectivity index (χ0) is 81.7. The Hall–Kier alpha value is -13.1. The van der Waals surface area contributed by atoms with E-state index in [2.05, 4.69) is 362 Å². The fourth-order valence-corrected chi connectivity index (χ4v) is 20.4. The Balaban J connectivity index is 0.0000000983. The summed E-state index contributed by atoms with van der Waals surface area (Å²) in [5, 5.41) is 2.59. The second-order valence-corrected chi connectivity index (χ2v) is 33.6. The second-order valence-electron chi connectivity index (χ2n) is 33.6. The molecule has 20 aromatic rings. The third kappa shape index (κ3) is 9.63. The first kappa shape index (κ1) is 66.5. The van der Waals surface area contributed by atoms with Crippen molar-refractivity contribution in [3.8, 4) is 56.5 Å². The average molecular weight is 1510 g/mol. The molecule has 0 spiro atoms. The fourth-order valence-electron chi connectivity index (χ4n) is 20.4. The molecule has 0 atom stereocenters. The lowest BCUT2D eigenvalue weighted by atomic mass is 9.84. The van der Waals surface area contributed by atoms with Crippen molar-refractivity contribution in [1.82, 2.24) is 51.6 Å². The highest BCUT2D eigenvalue weighted by Crippen LogP contribution is 2.49. The molecule has 0 bridgehead atoms. The molecule has 115 heavy (non-hydrogen) atoms. The number of hydrogen-bond donors (Lipinski definition) is 0. The summed E-state index contributed by atoms with van der Waals surface area (Å²) in [7, 11) is 8.52. The highest BCUT2D eigenvalue weighted by molar-refractivity contribution is 6.03. The minimum atomic E-state index is -2.27. The van der Waals surface area contributed by atoms with Crippen molar-refractivity contribution in [3.05, 3.63) is 297 Å². The summed E-state index contributed by atoms with van der Waals surface area (Å²) in [6.45, 7) is 26.3. The smallest absolute Gasteiger partial charge is 0.293 e. The normalized spacial score (nSPS) is 14.2. The molecule has 0 radical (unpaired) electrons. The molecule has 0 saturated carbocycles. The molecule has 4 aliphatic rings. The van der Waals surface area contributed by atoms with E-state index in [1.807, 2.05) is 19.1 Å². The Kier molecular flexibility index (Phi) is 14.3. The van der Waals surface area contributed by atoms with Crippen molar-refractivity contribution in [3.63, 3.8) is 0 Å². The van der Waals surface area contributed by atoms with Crippen molar-refractivity contribution >= 4 is 99.6 Å². The standard InChI is InChI=1S/2C28H26N3.C23H21N4.C21H20N5/c2*1-16-9-8-12-23-27(16)17(2)13-24(30(23)5)21-15-25-28(19(4)18(21)3)29-26-14-20-10-6-7-11-22(20)31(25)26;1-14-11-12-18-21-19(14)20-15(8-7-13-25(20)4)23(2,3)27(21)22-24-16-9-5-6-10-17(16)26(18)22;1-13-9-10-16-18-17(13)19-23(4)11-12-24(19)21(2,3)26(18)20-22-14-7-5-6-8-15(14)25(16)20/h2*6-13,15H,14H2,1-5H3;5-13H,1-4H3;5-12H,1-4H3/q4*+1/i4D3;;;. The average Bonchev–Trinajstić information content (AvgIpc) is 1.52. The predicted octanol–water partition coefficient (Wildman–Crippen LogP) is 19.6. The maximum atomic E-state index is 8.39. The van der Waals surface area contributed by atoms with Crippen LogP contribution in [0.5, 0.6) is 0 Å². The molecule has 10 aromatic carbocycles. The van der Waals surface area contributed by atoms with Gasteiger partial charge in [-0.25, -0.2) is 33.6 Å². The van der Waals surface area contributed by atoms with Gasteiger partial charge >= 0.3 is 0 Å². The molecule has 0 fully saturated rings. The monoisotopic (exact) mass is 1510 g/mol. The molecule has 0 unspecified atom stereocenters. The number of imidazole rings is 7. The van der Waals surface area contributed by atoms with Crippen LogP contribution in [0.3, 0.4) is 0 Å². The Morgan fingerprint density at radius 3 is 1.44 bits per heavy atom. The Morgan fingerprint density at radius 1 is 0.409 bits per heavy atom. The molecule has 15 heteroatoms. The maximum Gasteiger partial charge on any atom is 0.293 e. The lowest BCUT2D eigenvalue weighted by Crippen LogP contribution is -2.41. The van der Waals surface area contributed by atoms with Gasteiger partial charge in [-0.2, -0.15) is 9.13 Å². The van der Waals surface area contributed by atoms with Crippen LogP contribution in [0.25, 0.3) is 156 Å². The van der Waals surface area contributed by atoms with Crippen molar-refractivity contribution < 1.29 is 22.4 Å². The molecule has 14 heterocycles. The quantitative estimate of drug-likeness (QED) is 0.161. The van der Waals surface area contributed by atoms with Crippen LogP contribution in [0, 0.1) is 69.2 Å². The summed E-state index contributed by atoms with van der Waals surface area (Å²) in [5.74, 6) is 5.30. The van der Waals surface area contributed by atoms with E-state index < -0.39 is 6.85 Å². The van der Waals surface area contributed by atoms with Gasteiger partial charge in [-0.15, -0.1) is 0 Å². The van der Waals surface area contributed by atoms with E-state index in [-0.39, 0.29) is 11.2 Å². The SMILES string of the molecule is Cc1c(-c2cc(C)c3c(C)cccc3[n+]2C)cc2c(nc3n2-c2ccccc2C3)c1C.Cc1ccc2c3c1-c1c(ccc[n+]1C)C(C)(C)n3c1nc3ccccc3n21.Cc1ccc2c3c1-c1n(cc[n+]1C)C(C)(C)n3c1nc3ccccc3n21.[2H]C([2H])([2H])c1c(C)c(-c2cc(C)c3c(C)cccc3[n+]2C)cc2c1nc1n2-c2ccccc2C1. The largest absolute Gasteiger partial charge is 0.299 e. The third-order valence-corrected chi connectivity index (χ3v) is 26.2. The Morgan fingerprint density at radius 2 is 0.896 bits per heavy atom. The molecule has 15 nitrogen and oxygen atoms in total. The molecule has 0 amide bonds. The first-order valence-corrected chi connectivity index (χ1v) is 40.0. The number of nitrogens with zero attached hydrogens (tertiary/aromatic N) is 15. The number of para-hydroxylation sites is 6. The summed E-state index contributed by atoms with van der Waals surface area (Å²) in [5.41, 5.74) is 41.1. The van der Waals surface area contributed by atoms with Crippen LogP contribution in [0.4, 0.5) is 0 Å². The van der Waals surface area contributed by atoms with Gasteiger partial charge in [-0.05, 0) is 230 Å². The zero-order valence-electron chi connectivity index (χ0n) is 71.3. The van der Waals surface area contributed by atoms with Gasteiger partial charge in [0.05, 0.1) is 129 Å². The lowest BCUT2D eigenvalue weighted by Gasteiger charge is -2.33. The molecule has 0 aliphatic carbocycles. The molecular weight excluding hydrogens is 1410 g/mol. The molecule has 10 aromatic heterocycles. The number of pyridine rings is 3. The zero-order valence-corrected chi connectivity index (χ0v) is 68.3. The first-order chi connectivity index (χ1) is 56.6. The van der Waals surface area contributed by atoms with Crippen molar-refractivity contribution in [1.29, 1.82) is 0 Å². The number of aromatic nitrogens is 15. The maximum absolute atomic E-state index is 8.39. The summed E-state index contributed by atoms with van der Waals surface area (Å²) >= 11 is 0. The van der Waals surface area contributed by atoms with Gasteiger partial charge in [0.2, 0.25) is 39.7 Å². The van der Waals surface area contributed by atoms with Gasteiger partial charge < -0.3 is 0 Å². The van der Waals surface area contributed by atoms with Crippen LogP contribution in [0.2, 0.25) is 0 Å². The van der Waals surface area contributed by atoms with Gasteiger partial charge in [0, 0.05) is 47.3 Å². The van der Waals surface area contributed by atoms with Crippen molar-refractivity contribution in [2.75, 3.05) is 0 Å². The van der Waals surface area contributed by atoms with E-state index in [9.17, 15) is 0 Å².